The van der Waals surface area contributed by atoms with Crippen LogP contribution < -0.4 is 0 Å². The van der Waals surface area contributed by atoms with Gasteiger partial charge in [0.25, 0.3) is 6.92 Å². The van der Waals surface area contributed by atoms with Crippen molar-refractivity contribution in [3.05, 3.63) is 0 Å². The van der Waals surface area contributed by atoms with Gasteiger partial charge in [-0.3, -0.25) is 0 Å². The summed E-state index contributed by atoms with van der Waals surface area (Å²) in [7, 11) is 2.02. The molecule has 4 rings (SSSR count). The van der Waals surface area contributed by atoms with Crippen molar-refractivity contribution in [2.75, 3.05) is 7.11 Å². The zero-order valence-corrected chi connectivity index (χ0v) is 16.4. The SMILES string of the molecule is COB([C@H]1[C@H]2[C@@H](CC[C@@H]1C)C2(C)C)[C@H]1[C@H]2[C@@H](CC[C@@H]1C)C2(C)C. The first-order valence-electron chi connectivity index (χ1n) is 10.3. The van der Waals surface area contributed by atoms with Crippen molar-refractivity contribution >= 4 is 6.92 Å². The molecule has 0 unspecified atom stereocenters. The van der Waals surface area contributed by atoms with Crippen LogP contribution in [0.4, 0.5) is 0 Å². The Bertz CT molecular complexity index is 442. The van der Waals surface area contributed by atoms with E-state index in [4.69, 9.17) is 4.65 Å². The maximum atomic E-state index is 6.35. The largest absolute Gasteiger partial charge is 0.438 e. The van der Waals surface area contributed by atoms with E-state index in [0.29, 0.717) is 17.7 Å². The van der Waals surface area contributed by atoms with Gasteiger partial charge in [0.1, 0.15) is 0 Å². The third-order valence-electron chi connectivity index (χ3n) is 9.32. The second kappa shape index (κ2) is 5.02. The molecule has 0 aromatic heterocycles. The summed E-state index contributed by atoms with van der Waals surface area (Å²) in [6.45, 7) is 15.6. The number of hydrogen-bond acceptors (Lipinski definition) is 1. The van der Waals surface area contributed by atoms with Crippen molar-refractivity contribution < 1.29 is 4.65 Å². The molecule has 0 heterocycles. The Morgan fingerprint density at radius 3 is 1.48 bits per heavy atom. The first kappa shape index (κ1) is 16.5. The van der Waals surface area contributed by atoms with E-state index in [-0.39, 0.29) is 0 Å². The lowest BCUT2D eigenvalue weighted by molar-refractivity contribution is 0.269. The smallest absolute Gasteiger partial charge is 0.300 e. The van der Waals surface area contributed by atoms with Gasteiger partial charge in [0.2, 0.25) is 0 Å². The molecular weight excluding hydrogens is 279 g/mol. The predicted octanol–water partition coefficient (Wildman–Crippen LogP) is 5.77. The van der Waals surface area contributed by atoms with E-state index >= 15 is 0 Å². The van der Waals surface area contributed by atoms with Gasteiger partial charge in [-0.1, -0.05) is 54.4 Å². The van der Waals surface area contributed by atoms with Crippen molar-refractivity contribution in [2.24, 2.45) is 46.3 Å². The van der Waals surface area contributed by atoms with Gasteiger partial charge in [-0.15, -0.1) is 0 Å². The molecule has 130 valence electrons. The van der Waals surface area contributed by atoms with E-state index in [1.54, 1.807) is 0 Å². The van der Waals surface area contributed by atoms with Crippen LogP contribution in [0.2, 0.25) is 11.6 Å². The van der Waals surface area contributed by atoms with Gasteiger partial charge in [0, 0.05) is 7.11 Å². The van der Waals surface area contributed by atoms with E-state index in [1.807, 2.05) is 7.11 Å². The number of hydrogen-bond donors (Lipinski definition) is 0. The Labute approximate surface area is 144 Å². The van der Waals surface area contributed by atoms with Crippen LogP contribution >= 0.6 is 0 Å². The summed E-state index contributed by atoms with van der Waals surface area (Å²) in [6, 6.07) is 0. The molecule has 8 atom stereocenters. The summed E-state index contributed by atoms with van der Waals surface area (Å²) >= 11 is 0. The monoisotopic (exact) mass is 316 g/mol. The minimum Gasteiger partial charge on any atom is -0.438 e. The Morgan fingerprint density at radius 1 is 0.739 bits per heavy atom. The van der Waals surface area contributed by atoms with Gasteiger partial charge in [-0.25, -0.2) is 0 Å². The Hall–Kier alpha value is 0.0249. The molecule has 0 radical (unpaired) electrons. The van der Waals surface area contributed by atoms with Gasteiger partial charge < -0.3 is 4.65 Å². The highest BCUT2D eigenvalue weighted by Crippen LogP contribution is 2.75. The lowest BCUT2D eigenvalue weighted by atomic mass is 9.37. The highest BCUT2D eigenvalue weighted by molar-refractivity contribution is 6.56. The molecule has 0 aromatic rings. The molecule has 0 bridgehead atoms. The van der Waals surface area contributed by atoms with Crippen molar-refractivity contribution in [1.82, 2.24) is 0 Å². The fourth-order valence-electron chi connectivity index (χ4n) is 7.81. The summed E-state index contributed by atoms with van der Waals surface area (Å²) in [5, 5.41) is 0. The zero-order valence-electron chi connectivity index (χ0n) is 16.4. The average molecular weight is 316 g/mol. The Morgan fingerprint density at radius 2 is 1.13 bits per heavy atom. The normalized spacial score (nSPS) is 52.3. The topological polar surface area (TPSA) is 9.23 Å². The maximum Gasteiger partial charge on any atom is 0.300 e. The van der Waals surface area contributed by atoms with Crippen molar-refractivity contribution in [3.8, 4) is 0 Å². The van der Waals surface area contributed by atoms with Crippen LogP contribution in [-0.2, 0) is 4.65 Å². The minimum absolute atomic E-state index is 0.504. The van der Waals surface area contributed by atoms with Crippen molar-refractivity contribution in [2.45, 2.75) is 78.9 Å². The first-order chi connectivity index (χ1) is 10.7. The standard InChI is InChI=1S/C21H37BO/c1-12-8-10-14-16(20(14,3)4)18(12)22(23-7)19-13(2)9-11-15-17(19)21(15,5)6/h12-19H,8-11H2,1-7H3/t12-,13-,14+,15+,16+,17+,18+,19+/m0/s1. The maximum absolute atomic E-state index is 6.35. The molecule has 2 heteroatoms. The molecule has 0 spiro atoms. The highest BCUT2D eigenvalue weighted by Gasteiger charge is 2.70. The van der Waals surface area contributed by atoms with E-state index in [9.17, 15) is 0 Å². The molecule has 0 amide bonds. The van der Waals surface area contributed by atoms with Crippen LogP contribution in [0.1, 0.15) is 67.2 Å². The van der Waals surface area contributed by atoms with Crippen LogP contribution in [0.3, 0.4) is 0 Å². The molecule has 23 heavy (non-hydrogen) atoms. The molecule has 0 aromatic carbocycles. The molecule has 4 fully saturated rings. The Kier molecular flexibility index (Phi) is 3.60. The summed E-state index contributed by atoms with van der Waals surface area (Å²) in [6.07, 6.45) is 5.77. The summed E-state index contributed by atoms with van der Waals surface area (Å²) in [5.74, 6) is 7.09. The van der Waals surface area contributed by atoms with Gasteiger partial charge in [-0.05, 0) is 70.8 Å². The third-order valence-corrected chi connectivity index (χ3v) is 9.32. The molecule has 4 saturated carbocycles. The minimum atomic E-state index is 0.504. The first-order valence-corrected chi connectivity index (χ1v) is 10.3. The lowest BCUT2D eigenvalue weighted by Crippen LogP contribution is -2.41. The molecule has 4 aliphatic carbocycles. The van der Waals surface area contributed by atoms with Crippen LogP contribution in [0.15, 0.2) is 0 Å². The number of rotatable bonds is 3. The molecule has 0 N–H and O–H groups in total. The molecule has 0 saturated heterocycles. The van der Waals surface area contributed by atoms with Crippen LogP contribution in [0.5, 0.6) is 0 Å². The molecule has 1 nitrogen and oxygen atoms in total. The van der Waals surface area contributed by atoms with Crippen molar-refractivity contribution in [3.63, 3.8) is 0 Å². The van der Waals surface area contributed by atoms with E-state index < -0.39 is 0 Å². The fourth-order valence-corrected chi connectivity index (χ4v) is 7.81. The molecule has 0 aliphatic heterocycles. The average Bonchev–Trinajstić information content (AvgIpc) is 3.25. The lowest BCUT2D eigenvalue weighted by Gasteiger charge is -2.40. The van der Waals surface area contributed by atoms with E-state index in [1.165, 1.54) is 25.7 Å². The zero-order chi connectivity index (χ0) is 16.7. The van der Waals surface area contributed by atoms with Gasteiger partial charge in [-0.2, -0.15) is 0 Å². The summed E-state index contributed by atoms with van der Waals surface area (Å²) in [5.41, 5.74) is 1.14. The molecule has 4 aliphatic rings. The quantitative estimate of drug-likeness (QED) is 0.601. The second-order valence-electron chi connectivity index (χ2n) is 10.9. The molecular formula is C21H37BO. The predicted molar refractivity (Wildman–Crippen MR) is 98.6 cm³/mol. The van der Waals surface area contributed by atoms with Gasteiger partial charge in [0.15, 0.2) is 0 Å². The van der Waals surface area contributed by atoms with Crippen molar-refractivity contribution in [1.29, 1.82) is 0 Å². The van der Waals surface area contributed by atoms with Gasteiger partial charge >= 0.3 is 0 Å². The fraction of sp³-hybridized carbons (Fsp3) is 1.00. The second-order valence-corrected chi connectivity index (χ2v) is 10.9. The van der Waals surface area contributed by atoms with Crippen LogP contribution in [0, 0.1) is 46.3 Å². The van der Waals surface area contributed by atoms with Gasteiger partial charge in [0.05, 0.1) is 0 Å². The third kappa shape index (κ3) is 2.15. The van der Waals surface area contributed by atoms with E-state index in [0.717, 1.165) is 47.1 Å². The summed E-state index contributed by atoms with van der Waals surface area (Å²) in [4.78, 5) is 0. The summed E-state index contributed by atoms with van der Waals surface area (Å²) < 4.78 is 6.35. The van der Waals surface area contributed by atoms with Crippen LogP contribution in [0.25, 0.3) is 0 Å². The highest BCUT2D eigenvalue weighted by atomic mass is 16.4. The van der Waals surface area contributed by atoms with E-state index in [2.05, 4.69) is 41.5 Å². The Balaban J connectivity index is 1.63. The van der Waals surface area contributed by atoms with Crippen LogP contribution in [-0.4, -0.2) is 14.0 Å². The number of fused-ring (bicyclic) bond motifs is 2.